The van der Waals surface area contributed by atoms with Gasteiger partial charge in [-0.25, -0.2) is 4.79 Å². The van der Waals surface area contributed by atoms with E-state index < -0.39 is 17.9 Å². The summed E-state index contributed by atoms with van der Waals surface area (Å²) in [5.41, 5.74) is 0.445. The van der Waals surface area contributed by atoms with Crippen LogP contribution in [-0.2, 0) is 4.79 Å². The van der Waals surface area contributed by atoms with Gasteiger partial charge in [-0.05, 0) is 79.9 Å². The lowest BCUT2D eigenvalue weighted by Crippen LogP contribution is -2.41. The Morgan fingerprint density at radius 3 is 2.42 bits per heavy atom. The predicted octanol–water partition coefficient (Wildman–Crippen LogP) is 2.07. The maximum absolute atomic E-state index is 12.1. The number of aliphatic hydroxyl groups is 1. The molecule has 0 saturated heterocycles. The van der Waals surface area contributed by atoms with Crippen LogP contribution in [0.4, 0.5) is 0 Å². The highest BCUT2D eigenvalue weighted by Crippen LogP contribution is 2.22. The van der Waals surface area contributed by atoms with Gasteiger partial charge in [-0.1, -0.05) is 0 Å². The summed E-state index contributed by atoms with van der Waals surface area (Å²) in [7, 11) is 0. The molecule has 0 unspecified atom stereocenters. The molecule has 8 heteroatoms. The summed E-state index contributed by atoms with van der Waals surface area (Å²) in [6, 6.07) is 2.56. The molecule has 1 atom stereocenters. The van der Waals surface area contributed by atoms with Crippen molar-refractivity contribution in [2.75, 3.05) is 6.61 Å². The number of nitrogens with one attached hydrogen (secondary N) is 1. The van der Waals surface area contributed by atoms with Crippen LogP contribution in [0.25, 0.3) is 0 Å². The van der Waals surface area contributed by atoms with Gasteiger partial charge in [0.1, 0.15) is 6.04 Å². The van der Waals surface area contributed by atoms with E-state index in [9.17, 15) is 9.59 Å². The first kappa shape index (κ1) is 17.4. The Bertz CT molecular complexity index is 507. The molecule has 0 spiro atoms. The number of carboxylic acid groups (broad SMARTS) is 1. The van der Waals surface area contributed by atoms with Crippen LogP contribution in [0.3, 0.4) is 0 Å². The van der Waals surface area contributed by atoms with E-state index in [2.05, 4.69) is 73.1 Å². The third-order valence-corrected chi connectivity index (χ3v) is 5.93. The largest absolute Gasteiger partial charge is 0.480 e. The SMILES string of the molecule is O=C(N[C@H](CCO)C(=O)O)c1cc(I)cc(I)c1I. The molecule has 5 nitrogen and oxygen atoms in total. The first-order chi connectivity index (χ1) is 8.86. The fourth-order valence-electron chi connectivity index (χ4n) is 1.34. The summed E-state index contributed by atoms with van der Waals surface area (Å²) in [5.74, 6) is -1.60. The van der Waals surface area contributed by atoms with E-state index in [1.165, 1.54) is 0 Å². The van der Waals surface area contributed by atoms with E-state index in [0.717, 1.165) is 10.7 Å². The van der Waals surface area contributed by atoms with Gasteiger partial charge in [-0.15, -0.1) is 0 Å². The summed E-state index contributed by atoms with van der Waals surface area (Å²) >= 11 is 6.28. The number of carbonyl (C=O) groups excluding carboxylic acids is 1. The van der Waals surface area contributed by atoms with Crippen molar-refractivity contribution >= 4 is 79.6 Å². The van der Waals surface area contributed by atoms with Gasteiger partial charge in [-0.3, -0.25) is 4.79 Å². The molecule has 0 heterocycles. The van der Waals surface area contributed by atoms with Gasteiger partial charge in [0.25, 0.3) is 5.91 Å². The van der Waals surface area contributed by atoms with Crippen molar-refractivity contribution < 1.29 is 19.8 Å². The fraction of sp³-hybridized carbons (Fsp3) is 0.273. The molecular formula is C11H10I3NO4. The van der Waals surface area contributed by atoms with Crippen molar-refractivity contribution in [2.45, 2.75) is 12.5 Å². The predicted molar refractivity (Wildman–Crippen MR) is 95.2 cm³/mol. The Balaban J connectivity index is 2.97. The highest BCUT2D eigenvalue weighted by Gasteiger charge is 2.22. The Kier molecular flexibility index (Phi) is 7.24. The molecule has 0 aromatic heterocycles. The van der Waals surface area contributed by atoms with Gasteiger partial charge in [0.2, 0.25) is 0 Å². The van der Waals surface area contributed by atoms with E-state index in [1.807, 2.05) is 6.07 Å². The smallest absolute Gasteiger partial charge is 0.326 e. The van der Waals surface area contributed by atoms with Crippen LogP contribution in [0.15, 0.2) is 12.1 Å². The zero-order chi connectivity index (χ0) is 14.6. The number of rotatable bonds is 5. The van der Waals surface area contributed by atoms with Crippen molar-refractivity contribution in [1.29, 1.82) is 0 Å². The van der Waals surface area contributed by atoms with Gasteiger partial charge in [0, 0.05) is 23.7 Å². The van der Waals surface area contributed by atoms with Crippen LogP contribution < -0.4 is 5.32 Å². The van der Waals surface area contributed by atoms with Gasteiger partial charge in [0.05, 0.1) is 5.56 Å². The molecule has 104 valence electrons. The van der Waals surface area contributed by atoms with Crippen molar-refractivity contribution in [1.82, 2.24) is 5.32 Å². The number of amides is 1. The standard InChI is InChI=1S/C11H10I3NO4/c12-5-3-6(9(14)7(13)4-5)10(17)15-8(1-2-16)11(18)19/h3-4,8,16H,1-2H2,(H,15,17)(H,18,19)/t8-/m1/s1. The molecule has 1 rings (SSSR count). The maximum Gasteiger partial charge on any atom is 0.326 e. The Hall–Kier alpha value is 0.310. The molecule has 0 aliphatic heterocycles. The first-order valence-electron chi connectivity index (χ1n) is 5.16. The number of hydrogen-bond donors (Lipinski definition) is 3. The third-order valence-electron chi connectivity index (χ3n) is 2.26. The highest BCUT2D eigenvalue weighted by molar-refractivity contribution is 14.1. The lowest BCUT2D eigenvalue weighted by molar-refractivity contribution is -0.139. The van der Waals surface area contributed by atoms with Crippen LogP contribution in [0.2, 0.25) is 0 Å². The number of halogens is 3. The minimum absolute atomic E-state index is 0.0152. The summed E-state index contributed by atoms with van der Waals surface area (Å²) in [6.07, 6.45) is -0.0152. The van der Waals surface area contributed by atoms with E-state index in [1.54, 1.807) is 6.07 Å². The van der Waals surface area contributed by atoms with E-state index in [4.69, 9.17) is 10.2 Å². The number of benzene rings is 1. The molecule has 1 aromatic rings. The molecule has 1 amide bonds. The molecule has 3 N–H and O–H groups in total. The quantitative estimate of drug-likeness (QED) is 0.357. The fourth-order valence-corrected chi connectivity index (χ4v) is 3.74. The topological polar surface area (TPSA) is 86.6 Å². The molecule has 0 aliphatic rings. The average molecular weight is 601 g/mol. The molecule has 0 bridgehead atoms. The second-order valence-electron chi connectivity index (χ2n) is 3.63. The Morgan fingerprint density at radius 1 is 1.26 bits per heavy atom. The molecule has 1 aromatic carbocycles. The summed E-state index contributed by atoms with van der Waals surface area (Å²) in [6.45, 7) is -0.293. The Morgan fingerprint density at radius 2 is 1.89 bits per heavy atom. The number of carbonyl (C=O) groups is 2. The average Bonchev–Trinajstić information content (AvgIpc) is 2.32. The second-order valence-corrected chi connectivity index (χ2v) is 7.11. The van der Waals surface area contributed by atoms with Crippen LogP contribution in [-0.4, -0.2) is 34.7 Å². The zero-order valence-electron chi connectivity index (χ0n) is 9.49. The molecule has 0 fully saturated rings. The minimum Gasteiger partial charge on any atom is -0.480 e. The summed E-state index contributed by atoms with van der Waals surface area (Å²) < 4.78 is 2.62. The molecule has 0 aliphatic carbocycles. The summed E-state index contributed by atoms with van der Waals surface area (Å²) in [5, 5.41) is 20.2. The van der Waals surface area contributed by atoms with Crippen molar-refractivity contribution in [3.8, 4) is 0 Å². The van der Waals surface area contributed by atoms with E-state index in [-0.39, 0.29) is 13.0 Å². The molecule has 0 saturated carbocycles. The highest BCUT2D eigenvalue weighted by atomic mass is 127. The third kappa shape index (κ3) is 4.97. The van der Waals surface area contributed by atoms with Gasteiger partial charge in [-0.2, -0.15) is 0 Å². The van der Waals surface area contributed by atoms with Crippen LogP contribution in [0.5, 0.6) is 0 Å². The van der Waals surface area contributed by atoms with Crippen LogP contribution in [0.1, 0.15) is 16.8 Å². The van der Waals surface area contributed by atoms with Gasteiger partial charge >= 0.3 is 5.97 Å². The number of carboxylic acids is 1. The lowest BCUT2D eigenvalue weighted by Gasteiger charge is -2.14. The number of aliphatic hydroxyl groups excluding tert-OH is 1. The van der Waals surface area contributed by atoms with Crippen molar-refractivity contribution in [2.24, 2.45) is 0 Å². The second kappa shape index (κ2) is 7.93. The number of aliphatic carboxylic acids is 1. The van der Waals surface area contributed by atoms with Crippen LogP contribution >= 0.6 is 67.8 Å². The first-order valence-corrected chi connectivity index (χ1v) is 8.39. The zero-order valence-corrected chi connectivity index (χ0v) is 16.0. The molecule has 0 radical (unpaired) electrons. The summed E-state index contributed by atoms with van der Waals surface area (Å²) in [4.78, 5) is 23.0. The number of hydrogen-bond acceptors (Lipinski definition) is 3. The van der Waals surface area contributed by atoms with E-state index >= 15 is 0 Å². The minimum atomic E-state index is -1.15. The normalized spacial score (nSPS) is 12.0. The Labute approximate surface area is 151 Å². The lowest BCUT2D eigenvalue weighted by atomic mass is 10.1. The van der Waals surface area contributed by atoms with E-state index in [0.29, 0.717) is 5.56 Å². The molecular weight excluding hydrogens is 591 g/mol. The maximum atomic E-state index is 12.1. The van der Waals surface area contributed by atoms with Crippen LogP contribution in [0, 0.1) is 10.7 Å². The van der Waals surface area contributed by atoms with Crippen molar-refractivity contribution in [3.63, 3.8) is 0 Å². The monoisotopic (exact) mass is 601 g/mol. The van der Waals surface area contributed by atoms with Crippen molar-refractivity contribution in [3.05, 3.63) is 28.4 Å². The molecule has 19 heavy (non-hydrogen) atoms. The van der Waals surface area contributed by atoms with Gasteiger partial charge in [0.15, 0.2) is 0 Å². The van der Waals surface area contributed by atoms with Gasteiger partial charge < -0.3 is 15.5 Å².